The first-order valence-electron chi connectivity index (χ1n) is 6.80. The molecule has 2 saturated carbocycles. The van der Waals surface area contributed by atoms with E-state index in [-0.39, 0.29) is 24.0 Å². The third-order valence-electron chi connectivity index (χ3n) is 4.44. The number of guanidine groups is 1. The molecule has 0 bridgehead atoms. The van der Waals surface area contributed by atoms with Crippen LogP contribution in [0, 0.1) is 5.41 Å². The van der Waals surface area contributed by atoms with Gasteiger partial charge in [-0.2, -0.15) is 0 Å². The Morgan fingerprint density at radius 1 is 1.32 bits per heavy atom. The monoisotopic (exact) mass is 372 g/mol. The molecule has 3 N–H and O–H groups in total. The van der Waals surface area contributed by atoms with Crippen LogP contribution >= 0.6 is 24.0 Å². The zero-order chi connectivity index (χ0) is 12.4. The Labute approximate surface area is 131 Å². The molecule has 0 aliphatic heterocycles. The lowest BCUT2D eigenvalue weighted by molar-refractivity contribution is 0.104. The topological polar surface area (TPSA) is 63.3 Å². The molecule has 3 rings (SSSR count). The predicted octanol–water partition coefficient (Wildman–Crippen LogP) is 3.15. The van der Waals surface area contributed by atoms with Crippen molar-refractivity contribution < 1.29 is 0 Å². The fourth-order valence-electron chi connectivity index (χ4n) is 3.31. The van der Waals surface area contributed by atoms with Crippen LogP contribution in [-0.2, 0) is 0 Å². The minimum atomic E-state index is 0. The fraction of sp³-hybridized carbons (Fsp3) is 0.571. The van der Waals surface area contributed by atoms with Crippen LogP contribution < -0.4 is 11.1 Å². The standard InChI is InChI=1S/C14H20N4.HI/c15-13(18-12-5-1-4-10-16-12)17-11-6-9-14(11)7-2-3-8-14;/h1,4-5,10-11H,2-3,6-9H2,(H3,15,16,17,18);1H. The Kier molecular flexibility index (Phi) is 4.65. The summed E-state index contributed by atoms with van der Waals surface area (Å²) >= 11 is 0. The highest BCUT2D eigenvalue weighted by Gasteiger charge is 2.48. The van der Waals surface area contributed by atoms with Crippen LogP contribution in [0.5, 0.6) is 0 Å². The molecule has 2 aliphatic carbocycles. The third kappa shape index (κ3) is 3.01. The van der Waals surface area contributed by atoms with Crippen molar-refractivity contribution in [1.29, 1.82) is 0 Å². The zero-order valence-electron chi connectivity index (χ0n) is 11.0. The van der Waals surface area contributed by atoms with E-state index >= 15 is 0 Å². The Morgan fingerprint density at radius 3 is 2.68 bits per heavy atom. The predicted molar refractivity (Wildman–Crippen MR) is 88.8 cm³/mol. The van der Waals surface area contributed by atoms with Crippen LogP contribution in [-0.4, -0.2) is 17.0 Å². The van der Waals surface area contributed by atoms with Gasteiger partial charge >= 0.3 is 0 Å². The third-order valence-corrected chi connectivity index (χ3v) is 4.44. The first-order valence-corrected chi connectivity index (χ1v) is 6.80. The molecule has 2 aliphatic rings. The summed E-state index contributed by atoms with van der Waals surface area (Å²) in [5.41, 5.74) is 6.45. The second kappa shape index (κ2) is 6.07. The van der Waals surface area contributed by atoms with Gasteiger partial charge in [0.15, 0.2) is 5.96 Å². The SMILES string of the molecule is I.NC(=NC1CCC12CCCC2)Nc1ccccn1. The van der Waals surface area contributed by atoms with Crippen LogP contribution in [0.25, 0.3) is 0 Å². The normalized spacial score (nSPS) is 24.6. The van der Waals surface area contributed by atoms with Gasteiger partial charge < -0.3 is 11.1 Å². The van der Waals surface area contributed by atoms with Crippen molar-refractivity contribution in [2.24, 2.45) is 16.1 Å². The molecule has 4 nitrogen and oxygen atoms in total. The van der Waals surface area contributed by atoms with E-state index in [0.29, 0.717) is 17.4 Å². The van der Waals surface area contributed by atoms with E-state index in [0.717, 1.165) is 5.82 Å². The van der Waals surface area contributed by atoms with Crippen molar-refractivity contribution in [2.75, 3.05) is 5.32 Å². The summed E-state index contributed by atoms with van der Waals surface area (Å²) in [5.74, 6) is 1.27. The van der Waals surface area contributed by atoms with E-state index in [1.54, 1.807) is 6.20 Å². The quantitative estimate of drug-likeness (QED) is 0.476. The Hall–Kier alpha value is -0.850. The van der Waals surface area contributed by atoms with Crippen molar-refractivity contribution in [2.45, 2.75) is 44.6 Å². The number of nitrogens with two attached hydrogens (primary N) is 1. The second-order valence-corrected chi connectivity index (χ2v) is 5.48. The van der Waals surface area contributed by atoms with Crippen molar-refractivity contribution in [1.82, 2.24) is 4.98 Å². The van der Waals surface area contributed by atoms with Crippen LogP contribution in [0.1, 0.15) is 38.5 Å². The largest absolute Gasteiger partial charge is 0.370 e. The summed E-state index contributed by atoms with van der Waals surface area (Å²) in [6.07, 6.45) is 9.65. The molecule has 1 atom stereocenters. The lowest BCUT2D eigenvalue weighted by Crippen LogP contribution is -2.43. The molecule has 5 heteroatoms. The number of rotatable bonds is 2. The summed E-state index contributed by atoms with van der Waals surface area (Å²) in [5, 5.41) is 3.06. The summed E-state index contributed by atoms with van der Waals surface area (Å²) in [6.45, 7) is 0. The van der Waals surface area contributed by atoms with Gasteiger partial charge in [-0.25, -0.2) is 9.98 Å². The van der Waals surface area contributed by atoms with E-state index in [9.17, 15) is 0 Å². The highest BCUT2D eigenvalue weighted by molar-refractivity contribution is 14.0. The number of anilines is 1. The smallest absolute Gasteiger partial charge is 0.194 e. The fourth-order valence-corrected chi connectivity index (χ4v) is 3.31. The van der Waals surface area contributed by atoms with Crippen LogP contribution in [0.4, 0.5) is 5.82 Å². The van der Waals surface area contributed by atoms with Gasteiger partial charge in [0, 0.05) is 6.20 Å². The second-order valence-electron chi connectivity index (χ2n) is 5.48. The van der Waals surface area contributed by atoms with Crippen LogP contribution in [0.2, 0.25) is 0 Å². The van der Waals surface area contributed by atoms with Gasteiger partial charge in [0.2, 0.25) is 0 Å². The average molecular weight is 372 g/mol. The van der Waals surface area contributed by atoms with Gasteiger partial charge in [0.05, 0.1) is 6.04 Å². The highest BCUT2D eigenvalue weighted by Crippen LogP contribution is 2.54. The van der Waals surface area contributed by atoms with E-state index in [4.69, 9.17) is 5.73 Å². The number of aliphatic imine (C=N–C) groups is 1. The Balaban J connectivity index is 0.00000133. The van der Waals surface area contributed by atoms with Crippen molar-refractivity contribution >= 4 is 35.8 Å². The van der Waals surface area contributed by atoms with Gasteiger partial charge in [-0.1, -0.05) is 18.9 Å². The van der Waals surface area contributed by atoms with Gasteiger partial charge in [-0.05, 0) is 43.2 Å². The number of nitrogens with one attached hydrogen (secondary N) is 1. The minimum Gasteiger partial charge on any atom is -0.370 e. The van der Waals surface area contributed by atoms with Gasteiger partial charge in [-0.3, -0.25) is 0 Å². The summed E-state index contributed by atoms with van der Waals surface area (Å²) in [7, 11) is 0. The van der Waals surface area contributed by atoms with Crippen LogP contribution in [0.3, 0.4) is 0 Å². The number of hydrogen-bond donors (Lipinski definition) is 2. The van der Waals surface area contributed by atoms with E-state index in [2.05, 4.69) is 15.3 Å². The summed E-state index contributed by atoms with van der Waals surface area (Å²) in [6, 6.07) is 6.15. The number of aromatic nitrogens is 1. The van der Waals surface area contributed by atoms with E-state index in [1.807, 2.05) is 18.2 Å². The lowest BCUT2D eigenvalue weighted by Gasteiger charge is -2.45. The molecule has 1 aromatic rings. The highest BCUT2D eigenvalue weighted by atomic mass is 127. The number of halogens is 1. The number of nitrogens with zero attached hydrogens (tertiary/aromatic N) is 2. The van der Waals surface area contributed by atoms with E-state index < -0.39 is 0 Å². The summed E-state index contributed by atoms with van der Waals surface area (Å²) in [4.78, 5) is 8.84. The van der Waals surface area contributed by atoms with Gasteiger partial charge in [0.1, 0.15) is 5.82 Å². The maximum atomic E-state index is 5.97. The first kappa shape index (κ1) is 14.6. The lowest BCUT2D eigenvalue weighted by atomic mass is 9.63. The molecule has 1 unspecified atom stereocenters. The molecule has 104 valence electrons. The first-order chi connectivity index (χ1) is 8.78. The zero-order valence-corrected chi connectivity index (χ0v) is 13.3. The molecular formula is C14H21IN4. The molecule has 1 spiro atoms. The average Bonchev–Trinajstić information content (AvgIpc) is 2.88. The van der Waals surface area contributed by atoms with Crippen molar-refractivity contribution in [3.8, 4) is 0 Å². The molecule has 0 radical (unpaired) electrons. The molecule has 19 heavy (non-hydrogen) atoms. The molecule has 0 saturated heterocycles. The molecular weight excluding hydrogens is 351 g/mol. The molecule has 1 aromatic heterocycles. The van der Waals surface area contributed by atoms with Crippen molar-refractivity contribution in [3.63, 3.8) is 0 Å². The van der Waals surface area contributed by atoms with Crippen LogP contribution in [0.15, 0.2) is 29.4 Å². The molecule has 1 heterocycles. The Morgan fingerprint density at radius 2 is 2.11 bits per heavy atom. The minimum absolute atomic E-state index is 0. The number of hydrogen-bond acceptors (Lipinski definition) is 2. The van der Waals surface area contributed by atoms with Crippen molar-refractivity contribution in [3.05, 3.63) is 24.4 Å². The maximum absolute atomic E-state index is 5.97. The molecule has 0 aromatic carbocycles. The summed E-state index contributed by atoms with van der Waals surface area (Å²) < 4.78 is 0. The maximum Gasteiger partial charge on any atom is 0.194 e. The molecule has 0 amide bonds. The molecule has 2 fully saturated rings. The van der Waals surface area contributed by atoms with E-state index in [1.165, 1.54) is 38.5 Å². The van der Waals surface area contributed by atoms with Gasteiger partial charge in [-0.15, -0.1) is 24.0 Å². The van der Waals surface area contributed by atoms with Gasteiger partial charge in [0.25, 0.3) is 0 Å². The number of pyridine rings is 1. The Bertz CT molecular complexity index is 440.